The average Bonchev–Trinajstić information content (AvgIpc) is 2.29. The number of allylic oxidation sites excluding steroid dienone is 3. The summed E-state index contributed by atoms with van der Waals surface area (Å²) in [6.07, 6.45) is 3.09. The third-order valence-corrected chi connectivity index (χ3v) is 1.55. The van der Waals surface area contributed by atoms with Gasteiger partial charge >= 0.3 is 0 Å². The second kappa shape index (κ2) is 3.34. The van der Waals surface area contributed by atoms with Crippen LogP contribution in [0.5, 0.6) is 0 Å². The van der Waals surface area contributed by atoms with Crippen molar-refractivity contribution in [2.45, 2.75) is 13.3 Å². The van der Waals surface area contributed by atoms with Crippen molar-refractivity contribution >= 4 is 5.91 Å². The van der Waals surface area contributed by atoms with Gasteiger partial charge in [-0.2, -0.15) is 0 Å². The summed E-state index contributed by atoms with van der Waals surface area (Å²) >= 11 is 0. The molecule has 1 N–H and O–H groups in total. The highest BCUT2D eigenvalue weighted by molar-refractivity contribution is 5.85. The Bertz CT molecular complexity index is 285. The molecule has 1 amide bonds. The lowest BCUT2D eigenvalue weighted by molar-refractivity contribution is -0.118. The quantitative estimate of drug-likeness (QED) is 0.667. The molecule has 1 rings (SSSR count). The Morgan fingerprint density at radius 2 is 2.42 bits per heavy atom. The van der Waals surface area contributed by atoms with E-state index in [0.29, 0.717) is 11.3 Å². The number of amides is 1. The fourth-order valence-electron chi connectivity index (χ4n) is 1.09. The molecule has 0 spiro atoms. The summed E-state index contributed by atoms with van der Waals surface area (Å²) in [7, 11) is 0. The Balaban J connectivity index is 2.92. The Morgan fingerprint density at radius 3 is 2.92 bits per heavy atom. The molecule has 12 heavy (non-hydrogen) atoms. The first-order valence-corrected chi connectivity index (χ1v) is 3.62. The number of halogens is 1. The Morgan fingerprint density at radius 1 is 1.75 bits per heavy atom. The van der Waals surface area contributed by atoms with Crippen LogP contribution in [0.4, 0.5) is 4.39 Å². The highest BCUT2D eigenvalue weighted by atomic mass is 19.1. The summed E-state index contributed by atoms with van der Waals surface area (Å²) < 4.78 is 12.4. The molecule has 0 aromatic heterocycles. The monoisotopic (exact) mass is 167 g/mol. The highest BCUT2D eigenvalue weighted by Gasteiger charge is 2.16. The van der Waals surface area contributed by atoms with Gasteiger partial charge < -0.3 is 5.32 Å². The maximum Gasteiger partial charge on any atom is 0.228 e. The van der Waals surface area contributed by atoms with E-state index in [4.69, 9.17) is 0 Å². The topological polar surface area (TPSA) is 29.1 Å². The maximum absolute atomic E-state index is 12.4. The van der Waals surface area contributed by atoms with Crippen LogP contribution >= 0.6 is 0 Å². The van der Waals surface area contributed by atoms with Gasteiger partial charge in [0, 0.05) is 5.70 Å². The van der Waals surface area contributed by atoms with E-state index in [1.165, 1.54) is 19.1 Å². The number of carbonyl (C=O) groups is 1. The largest absolute Gasteiger partial charge is 0.326 e. The second-order valence-electron chi connectivity index (χ2n) is 2.60. The van der Waals surface area contributed by atoms with Gasteiger partial charge in [0.25, 0.3) is 0 Å². The molecule has 64 valence electrons. The summed E-state index contributed by atoms with van der Waals surface area (Å²) in [5, 5.41) is 2.57. The predicted molar refractivity (Wildman–Crippen MR) is 44.8 cm³/mol. The van der Waals surface area contributed by atoms with Crippen molar-refractivity contribution < 1.29 is 9.18 Å². The van der Waals surface area contributed by atoms with Crippen molar-refractivity contribution in [3.8, 4) is 0 Å². The Hall–Kier alpha value is -1.38. The number of nitrogens with one attached hydrogen (secondary N) is 1. The molecule has 0 radical (unpaired) electrons. The summed E-state index contributed by atoms with van der Waals surface area (Å²) in [6.45, 7) is 4.85. The molecule has 1 aliphatic rings. The van der Waals surface area contributed by atoms with Crippen LogP contribution in [0.25, 0.3) is 0 Å². The van der Waals surface area contributed by atoms with Crippen molar-refractivity contribution in [2.24, 2.45) is 0 Å². The number of carbonyl (C=O) groups excluding carboxylic acids is 1. The lowest BCUT2D eigenvalue weighted by Gasteiger charge is -1.94. The summed E-state index contributed by atoms with van der Waals surface area (Å²) in [4.78, 5) is 10.9. The molecule has 0 aromatic rings. The van der Waals surface area contributed by atoms with Crippen molar-refractivity contribution in [3.05, 3.63) is 35.8 Å². The molecule has 0 saturated carbocycles. The standard InChI is InChI=1S/C9H10FNO/c1-3-8-7(4-6(2)10)5-9(12)11-8/h3-4H,1,5H2,2H3,(H,11,12)/b6-4+. The van der Waals surface area contributed by atoms with Gasteiger partial charge in [0.1, 0.15) is 0 Å². The molecule has 1 heterocycles. The minimum absolute atomic E-state index is 0.114. The lowest BCUT2D eigenvalue weighted by Crippen LogP contribution is -2.13. The van der Waals surface area contributed by atoms with E-state index >= 15 is 0 Å². The molecule has 0 saturated heterocycles. The molecular formula is C9H10FNO. The molecule has 0 aromatic carbocycles. The van der Waals surface area contributed by atoms with Crippen LogP contribution in [0.1, 0.15) is 13.3 Å². The SMILES string of the molecule is C=CC1=C(/C=C(\C)F)CC(=O)N1. The number of hydrogen-bond acceptors (Lipinski definition) is 1. The molecule has 0 aliphatic carbocycles. The number of rotatable bonds is 2. The first kappa shape index (κ1) is 8.71. The molecule has 0 atom stereocenters. The zero-order valence-corrected chi connectivity index (χ0v) is 6.86. The van der Waals surface area contributed by atoms with Crippen molar-refractivity contribution in [1.29, 1.82) is 0 Å². The average molecular weight is 167 g/mol. The third-order valence-electron chi connectivity index (χ3n) is 1.55. The van der Waals surface area contributed by atoms with Crippen LogP contribution in [0.2, 0.25) is 0 Å². The smallest absolute Gasteiger partial charge is 0.228 e. The van der Waals surface area contributed by atoms with Crippen molar-refractivity contribution in [1.82, 2.24) is 5.32 Å². The summed E-state index contributed by atoms with van der Waals surface area (Å²) in [5.41, 5.74) is 1.27. The van der Waals surface area contributed by atoms with Gasteiger partial charge in [-0.25, -0.2) is 4.39 Å². The van der Waals surface area contributed by atoms with E-state index in [1.807, 2.05) is 0 Å². The fourth-order valence-corrected chi connectivity index (χ4v) is 1.09. The van der Waals surface area contributed by atoms with Gasteiger partial charge in [-0.05, 0) is 24.6 Å². The van der Waals surface area contributed by atoms with Gasteiger partial charge in [-0.3, -0.25) is 4.79 Å². The summed E-state index contributed by atoms with van der Waals surface area (Å²) in [5.74, 6) is -0.418. The van der Waals surface area contributed by atoms with E-state index in [9.17, 15) is 9.18 Å². The zero-order valence-electron chi connectivity index (χ0n) is 6.86. The van der Waals surface area contributed by atoms with E-state index in [-0.39, 0.29) is 18.2 Å². The van der Waals surface area contributed by atoms with E-state index < -0.39 is 0 Å². The molecule has 1 aliphatic heterocycles. The van der Waals surface area contributed by atoms with Crippen LogP contribution in [0, 0.1) is 0 Å². The minimum Gasteiger partial charge on any atom is -0.326 e. The summed E-state index contributed by atoms with van der Waals surface area (Å²) in [6, 6.07) is 0. The van der Waals surface area contributed by atoms with E-state index in [0.717, 1.165) is 0 Å². The van der Waals surface area contributed by atoms with Crippen LogP contribution in [0.15, 0.2) is 35.8 Å². The molecule has 2 nitrogen and oxygen atoms in total. The van der Waals surface area contributed by atoms with Gasteiger partial charge in [-0.1, -0.05) is 6.58 Å². The fraction of sp³-hybridized carbons (Fsp3) is 0.222. The van der Waals surface area contributed by atoms with Gasteiger partial charge in [-0.15, -0.1) is 0 Å². The number of hydrogen-bond donors (Lipinski definition) is 1. The first-order chi connectivity index (χ1) is 5.63. The first-order valence-electron chi connectivity index (χ1n) is 3.62. The highest BCUT2D eigenvalue weighted by Crippen LogP contribution is 2.18. The zero-order chi connectivity index (χ0) is 9.14. The molecule has 0 fully saturated rings. The second-order valence-corrected chi connectivity index (χ2v) is 2.60. The Kier molecular flexibility index (Phi) is 2.43. The Labute approximate surface area is 70.5 Å². The van der Waals surface area contributed by atoms with Crippen LogP contribution < -0.4 is 5.32 Å². The minimum atomic E-state index is -0.305. The predicted octanol–water partition coefficient (Wildman–Crippen LogP) is 1.82. The van der Waals surface area contributed by atoms with Gasteiger partial charge in [0.2, 0.25) is 5.91 Å². The molecule has 3 heteroatoms. The van der Waals surface area contributed by atoms with Gasteiger partial charge in [0.15, 0.2) is 0 Å². The molecular weight excluding hydrogens is 157 g/mol. The van der Waals surface area contributed by atoms with Crippen molar-refractivity contribution in [2.75, 3.05) is 0 Å². The van der Waals surface area contributed by atoms with Crippen LogP contribution in [0.3, 0.4) is 0 Å². The van der Waals surface area contributed by atoms with E-state index in [1.54, 1.807) is 0 Å². The molecule has 0 bridgehead atoms. The van der Waals surface area contributed by atoms with Gasteiger partial charge in [0.05, 0.1) is 12.2 Å². The van der Waals surface area contributed by atoms with Crippen LogP contribution in [-0.4, -0.2) is 5.91 Å². The molecule has 0 unspecified atom stereocenters. The lowest BCUT2D eigenvalue weighted by atomic mass is 10.1. The third kappa shape index (κ3) is 1.81. The normalized spacial score (nSPS) is 18.2. The van der Waals surface area contributed by atoms with Crippen molar-refractivity contribution in [3.63, 3.8) is 0 Å². The maximum atomic E-state index is 12.4. The van der Waals surface area contributed by atoms with E-state index in [2.05, 4.69) is 11.9 Å². The van der Waals surface area contributed by atoms with Crippen LogP contribution in [-0.2, 0) is 4.79 Å².